The van der Waals surface area contributed by atoms with Gasteiger partial charge in [0.25, 0.3) is 0 Å². The predicted molar refractivity (Wildman–Crippen MR) is 116 cm³/mol. The lowest BCUT2D eigenvalue weighted by atomic mass is 10.1. The number of rotatable bonds is 8. The number of aryl methyl sites for hydroxylation is 1. The molecule has 3 aromatic rings. The molecule has 0 saturated carbocycles. The molecule has 7 nitrogen and oxygen atoms in total. The van der Waals surface area contributed by atoms with E-state index in [0.717, 1.165) is 27.3 Å². The molecule has 0 spiro atoms. The first kappa shape index (κ1) is 21.0. The van der Waals surface area contributed by atoms with Gasteiger partial charge in [-0.3, -0.25) is 0 Å². The fraction of sp³-hybridized carbons (Fsp3) is 0.381. The fourth-order valence-corrected chi connectivity index (χ4v) is 4.26. The quantitative estimate of drug-likeness (QED) is 0.560. The van der Waals surface area contributed by atoms with Crippen LogP contribution in [0.1, 0.15) is 33.8 Å². The van der Waals surface area contributed by atoms with Crippen LogP contribution in [0.3, 0.4) is 0 Å². The Morgan fingerprint density at radius 2 is 1.97 bits per heavy atom. The lowest BCUT2D eigenvalue weighted by molar-refractivity contribution is 0.0531. The highest BCUT2D eigenvalue weighted by Gasteiger charge is 2.21. The lowest BCUT2D eigenvalue weighted by Crippen LogP contribution is -2.27. The Morgan fingerprint density at radius 3 is 2.59 bits per heavy atom. The van der Waals surface area contributed by atoms with E-state index in [2.05, 4.69) is 32.3 Å². The fourth-order valence-electron chi connectivity index (χ4n) is 3.21. The molecule has 2 heterocycles. The summed E-state index contributed by atoms with van der Waals surface area (Å²) in [5.41, 5.74) is 2.01. The number of anilines is 1. The van der Waals surface area contributed by atoms with E-state index in [1.54, 1.807) is 14.0 Å². The van der Waals surface area contributed by atoms with E-state index >= 15 is 0 Å². The molecule has 0 fully saturated rings. The van der Waals surface area contributed by atoms with Crippen LogP contribution in [0.15, 0.2) is 30.6 Å². The van der Waals surface area contributed by atoms with Crippen molar-refractivity contribution >= 4 is 33.3 Å². The molecular formula is C21H26N4O3S. The van der Waals surface area contributed by atoms with Gasteiger partial charge in [-0.1, -0.05) is 12.1 Å². The van der Waals surface area contributed by atoms with Crippen molar-refractivity contribution in [1.82, 2.24) is 14.9 Å². The third-order valence-corrected chi connectivity index (χ3v) is 5.95. The Balaban J connectivity index is 1.87. The zero-order chi connectivity index (χ0) is 21.0. The van der Waals surface area contributed by atoms with Crippen LogP contribution in [0, 0.1) is 6.92 Å². The van der Waals surface area contributed by atoms with Crippen molar-refractivity contribution in [1.29, 1.82) is 0 Å². The number of thiophene rings is 1. The number of methoxy groups -OCH3 is 1. The number of hydrogen-bond acceptors (Lipinski definition) is 8. The molecule has 1 N–H and O–H groups in total. The molecule has 0 amide bonds. The number of carbonyl (C=O) groups is 1. The maximum atomic E-state index is 12.2. The summed E-state index contributed by atoms with van der Waals surface area (Å²) in [6.07, 6.45) is 1.52. The molecule has 0 aliphatic rings. The number of ether oxygens (including phenoxy) is 2. The normalized spacial score (nSPS) is 12.2. The second kappa shape index (κ2) is 9.19. The number of nitrogens with zero attached hydrogens (tertiary/aromatic N) is 3. The van der Waals surface area contributed by atoms with Crippen molar-refractivity contribution in [3.63, 3.8) is 0 Å². The number of benzene rings is 1. The maximum Gasteiger partial charge on any atom is 0.348 e. The molecule has 1 aromatic carbocycles. The largest absolute Gasteiger partial charge is 0.497 e. The first-order valence-corrected chi connectivity index (χ1v) is 10.2. The summed E-state index contributed by atoms with van der Waals surface area (Å²) < 4.78 is 10.4. The summed E-state index contributed by atoms with van der Waals surface area (Å²) in [6, 6.07) is 8.19. The lowest BCUT2D eigenvalue weighted by Gasteiger charge is -2.25. The van der Waals surface area contributed by atoms with Gasteiger partial charge in [0.1, 0.15) is 27.6 Å². The van der Waals surface area contributed by atoms with Crippen LogP contribution in [-0.4, -0.2) is 55.2 Å². The maximum absolute atomic E-state index is 12.2. The average Bonchev–Trinajstić information content (AvgIpc) is 3.06. The zero-order valence-electron chi connectivity index (χ0n) is 17.4. The molecular weight excluding hydrogens is 388 g/mol. The highest BCUT2D eigenvalue weighted by molar-refractivity contribution is 7.20. The Hall–Kier alpha value is -2.71. The summed E-state index contributed by atoms with van der Waals surface area (Å²) in [5.74, 6) is 1.24. The van der Waals surface area contributed by atoms with Gasteiger partial charge >= 0.3 is 5.97 Å². The van der Waals surface area contributed by atoms with Crippen molar-refractivity contribution in [2.75, 3.05) is 39.7 Å². The molecule has 8 heteroatoms. The van der Waals surface area contributed by atoms with Crippen molar-refractivity contribution in [2.24, 2.45) is 0 Å². The van der Waals surface area contributed by atoms with E-state index in [-0.39, 0.29) is 12.0 Å². The van der Waals surface area contributed by atoms with E-state index in [4.69, 9.17) is 9.47 Å². The van der Waals surface area contributed by atoms with Crippen molar-refractivity contribution < 1.29 is 14.3 Å². The van der Waals surface area contributed by atoms with E-state index in [1.165, 1.54) is 23.2 Å². The van der Waals surface area contributed by atoms with Crippen LogP contribution in [0.25, 0.3) is 10.2 Å². The van der Waals surface area contributed by atoms with E-state index in [1.807, 2.05) is 33.2 Å². The minimum atomic E-state index is -0.316. The molecule has 3 rings (SSSR count). The standard InChI is InChI=1S/C21H26N4O3S/c1-6-28-21(26)18-13(2)17-19(23-12-24-20(17)29-18)22-11-16(25(3)4)14-7-9-15(27-5)10-8-14/h7-10,12,16H,6,11H2,1-5H3,(H,22,23,24). The van der Waals surface area contributed by atoms with E-state index in [9.17, 15) is 4.79 Å². The molecule has 29 heavy (non-hydrogen) atoms. The average molecular weight is 415 g/mol. The third-order valence-electron chi connectivity index (χ3n) is 4.77. The van der Waals surface area contributed by atoms with Gasteiger partial charge in [0.2, 0.25) is 0 Å². The Bertz CT molecular complexity index is 986. The highest BCUT2D eigenvalue weighted by atomic mass is 32.1. The monoisotopic (exact) mass is 414 g/mol. The van der Waals surface area contributed by atoms with Gasteiger partial charge in [0, 0.05) is 6.54 Å². The molecule has 0 aliphatic carbocycles. The van der Waals surface area contributed by atoms with E-state index < -0.39 is 0 Å². The number of carbonyl (C=O) groups excluding carboxylic acids is 1. The number of fused-ring (bicyclic) bond motifs is 1. The van der Waals surface area contributed by atoms with Crippen LogP contribution in [0.5, 0.6) is 5.75 Å². The van der Waals surface area contributed by atoms with Crippen molar-refractivity contribution in [3.8, 4) is 5.75 Å². The summed E-state index contributed by atoms with van der Waals surface area (Å²) in [4.78, 5) is 24.5. The number of hydrogen-bond donors (Lipinski definition) is 1. The number of esters is 1. The second-order valence-corrected chi connectivity index (χ2v) is 7.81. The van der Waals surface area contributed by atoms with Crippen LogP contribution in [0.4, 0.5) is 5.82 Å². The summed E-state index contributed by atoms with van der Waals surface area (Å²) in [7, 11) is 5.75. The minimum absolute atomic E-state index is 0.134. The number of aromatic nitrogens is 2. The highest BCUT2D eigenvalue weighted by Crippen LogP contribution is 2.34. The summed E-state index contributed by atoms with van der Waals surface area (Å²) in [6.45, 7) is 4.70. The van der Waals surface area contributed by atoms with Crippen LogP contribution in [-0.2, 0) is 4.74 Å². The SMILES string of the molecule is CCOC(=O)c1sc2ncnc(NCC(c3ccc(OC)cc3)N(C)C)c2c1C. The minimum Gasteiger partial charge on any atom is -0.497 e. The van der Waals surface area contributed by atoms with Gasteiger partial charge in [-0.05, 0) is 51.2 Å². The van der Waals surface area contributed by atoms with Crippen molar-refractivity contribution in [3.05, 3.63) is 46.6 Å². The Kier molecular flexibility index (Phi) is 6.66. The summed E-state index contributed by atoms with van der Waals surface area (Å²) >= 11 is 1.34. The van der Waals surface area contributed by atoms with Gasteiger partial charge in [-0.2, -0.15) is 0 Å². The zero-order valence-corrected chi connectivity index (χ0v) is 18.2. The predicted octanol–water partition coefficient (Wildman–Crippen LogP) is 3.90. The van der Waals surface area contributed by atoms with Gasteiger partial charge in [-0.25, -0.2) is 14.8 Å². The van der Waals surface area contributed by atoms with Gasteiger partial charge in [0.05, 0.1) is 25.1 Å². The third kappa shape index (κ3) is 4.49. The first-order chi connectivity index (χ1) is 14.0. The smallest absolute Gasteiger partial charge is 0.348 e. The molecule has 0 bridgehead atoms. The second-order valence-electron chi connectivity index (χ2n) is 6.81. The molecule has 0 saturated heterocycles. The van der Waals surface area contributed by atoms with Crippen LogP contribution < -0.4 is 10.1 Å². The number of nitrogens with one attached hydrogen (secondary N) is 1. The van der Waals surface area contributed by atoms with Crippen LogP contribution >= 0.6 is 11.3 Å². The molecule has 0 aliphatic heterocycles. The molecule has 1 atom stereocenters. The molecule has 0 radical (unpaired) electrons. The molecule has 2 aromatic heterocycles. The van der Waals surface area contributed by atoms with E-state index in [0.29, 0.717) is 18.0 Å². The van der Waals surface area contributed by atoms with Gasteiger partial charge in [0.15, 0.2) is 0 Å². The van der Waals surface area contributed by atoms with Gasteiger partial charge in [-0.15, -0.1) is 11.3 Å². The molecule has 154 valence electrons. The topological polar surface area (TPSA) is 76.6 Å². The van der Waals surface area contributed by atoms with Crippen LogP contribution in [0.2, 0.25) is 0 Å². The Morgan fingerprint density at radius 1 is 1.24 bits per heavy atom. The number of likely N-dealkylation sites (N-methyl/N-ethyl adjacent to an activating group) is 1. The summed E-state index contributed by atoms with van der Waals surface area (Å²) in [5, 5.41) is 4.32. The Labute approximate surface area is 174 Å². The van der Waals surface area contributed by atoms with Crippen molar-refractivity contribution in [2.45, 2.75) is 19.9 Å². The molecule has 1 unspecified atom stereocenters. The first-order valence-electron chi connectivity index (χ1n) is 9.41. The van der Waals surface area contributed by atoms with Gasteiger partial charge < -0.3 is 19.7 Å².